The third-order valence-electron chi connectivity index (χ3n) is 2.73. The van der Waals surface area contributed by atoms with Gasteiger partial charge in [0.2, 0.25) is 0 Å². The van der Waals surface area contributed by atoms with Crippen molar-refractivity contribution < 1.29 is 4.74 Å². The first kappa shape index (κ1) is 8.48. The second-order valence-corrected chi connectivity index (χ2v) is 3.98. The molecule has 0 aliphatic carbocycles. The predicted octanol–water partition coefficient (Wildman–Crippen LogP) is 0.115. The molecule has 0 amide bonds. The molecule has 0 saturated carbocycles. The van der Waals surface area contributed by atoms with Gasteiger partial charge in [-0.1, -0.05) is 0 Å². The highest BCUT2D eigenvalue weighted by atomic mass is 16.5. The van der Waals surface area contributed by atoms with Gasteiger partial charge in [0.05, 0.1) is 19.3 Å². The smallest absolute Gasteiger partial charge is 0.0643 e. The Kier molecular flexibility index (Phi) is 2.63. The Labute approximate surface area is 73.9 Å². The van der Waals surface area contributed by atoms with E-state index in [-0.39, 0.29) is 0 Å². The summed E-state index contributed by atoms with van der Waals surface area (Å²) in [7, 11) is 0. The van der Waals surface area contributed by atoms with Crippen LogP contribution in [0, 0.1) is 0 Å². The highest BCUT2D eigenvalue weighted by molar-refractivity contribution is 4.84. The fourth-order valence-electron chi connectivity index (χ4n) is 1.95. The van der Waals surface area contributed by atoms with Crippen molar-refractivity contribution in [3.05, 3.63) is 0 Å². The zero-order chi connectivity index (χ0) is 8.39. The summed E-state index contributed by atoms with van der Waals surface area (Å²) in [6, 6.07) is 2.03. The van der Waals surface area contributed by atoms with Crippen LogP contribution in [0.4, 0.5) is 0 Å². The Morgan fingerprint density at radius 2 is 2.17 bits per heavy atom. The van der Waals surface area contributed by atoms with E-state index in [1.165, 1.54) is 12.8 Å². The van der Waals surface area contributed by atoms with Crippen molar-refractivity contribution in [2.24, 2.45) is 0 Å². The molecule has 2 unspecified atom stereocenters. The molecule has 0 bridgehead atoms. The molecule has 2 N–H and O–H groups in total. The molecule has 2 fully saturated rings. The van der Waals surface area contributed by atoms with E-state index in [0.29, 0.717) is 12.1 Å². The number of ether oxygens (including phenoxy) is 1. The van der Waals surface area contributed by atoms with Crippen LogP contribution in [0.1, 0.15) is 19.8 Å². The zero-order valence-corrected chi connectivity index (χ0v) is 7.68. The molecule has 2 aliphatic rings. The van der Waals surface area contributed by atoms with E-state index < -0.39 is 0 Å². The van der Waals surface area contributed by atoms with Gasteiger partial charge in [-0.05, 0) is 26.3 Å². The maximum Gasteiger partial charge on any atom is 0.0643 e. The van der Waals surface area contributed by atoms with Gasteiger partial charge in [0, 0.05) is 12.1 Å². The van der Waals surface area contributed by atoms with Gasteiger partial charge in [0.15, 0.2) is 0 Å². The second kappa shape index (κ2) is 3.73. The minimum atomic E-state index is 0.639. The summed E-state index contributed by atoms with van der Waals surface area (Å²) in [6.45, 7) is 5.24. The average molecular weight is 170 g/mol. The standard InChI is InChI=1S/C9H18N2O/c1-7-4-8(2-3-10-7)11-9-5-12-6-9/h7-11H,2-6H2,1H3. The van der Waals surface area contributed by atoms with Gasteiger partial charge >= 0.3 is 0 Å². The quantitative estimate of drug-likeness (QED) is 0.617. The maximum atomic E-state index is 5.13. The van der Waals surface area contributed by atoms with Gasteiger partial charge in [-0.3, -0.25) is 0 Å². The highest BCUT2D eigenvalue weighted by Gasteiger charge is 2.24. The van der Waals surface area contributed by atoms with Crippen LogP contribution in [-0.2, 0) is 4.74 Å². The molecule has 3 heteroatoms. The van der Waals surface area contributed by atoms with E-state index in [1.807, 2.05) is 0 Å². The molecule has 2 atom stereocenters. The minimum absolute atomic E-state index is 0.639. The first-order valence-corrected chi connectivity index (χ1v) is 4.92. The largest absolute Gasteiger partial charge is 0.378 e. The number of piperidine rings is 1. The number of hydrogen-bond acceptors (Lipinski definition) is 3. The van der Waals surface area contributed by atoms with Gasteiger partial charge in [-0.15, -0.1) is 0 Å². The van der Waals surface area contributed by atoms with Crippen LogP contribution < -0.4 is 10.6 Å². The fraction of sp³-hybridized carbons (Fsp3) is 1.00. The third kappa shape index (κ3) is 1.97. The molecular formula is C9H18N2O. The Morgan fingerprint density at radius 3 is 2.75 bits per heavy atom. The SMILES string of the molecule is CC1CC(NC2COC2)CCN1. The number of rotatable bonds is 2. The number of nitrogens with one attached hydrogen (secondary N) is 2. The highest BCUT2D eigenvalue weighted by Crippen LogP contribution is 2.11. The van der Waals surface area contributed by atoms with E-state index in [9.17, 15) is 0 Å². The van der Waals surface area contributed by atoms with Gasteiger partial charge in [-0.25, -0.2) is 0 Å². The monoisotopic (exact) mass is 170 g/mol. The molecule has 3 nitrogen and oxygen atoms in total. The lowest BCUT2D eigenvalue weighted by atomic mass is 9.99. The summed E-state index contributed by atoms with van der Waals surface area (Å²) in [5.74, 6) is 0. The van der Waals surface area contributed by atoms with Crippen molar-refractivity contribution in [1.29, 1.82) is 0 Å². The fourth-order valence-corrected chi connectivity index (χ4v) is 1.95. The molecule has 0 aromatic rings. The van der Waals surface area contributed by atoms with Crippen LogP contribution >= 0.6 is 0 Å². The van der Waals surface area contributed by atoms with Gasteiger partial charge in [0.25, 0.3) is 0 Å². The summed E-state index contributed by atoms with van der Waals surface area (Å²) in [5.41, 5.74) is 0. The van der Waals surface area contributed by atoms with E-state index in [0.717, 1.165) is 25.8 Å². The van der Waals surface area contributed by atoms with Crippen LogP contribution in [0.15, 0.2) is 0 Å². The molecule has 2 aliphatic heterocycles. The summed E-state index contributed by atoms with van der Waals surface area (Å²) < 4.78 is 5.13. The molecule has 0 spiro atoms. The number of hydrogen-bond donors (Lipinski definition) is 2. The van der Waals surface area contributed by atoms with Gasteiger partial charge < -0.3 is 15.4 Å². The van der Waals surface area contributed by atoms with Crippen LogP contribution in [0.2, 0.25) is 0 Å². The molecule has 2 heterocycles. The van der Waals surface area contributed by atoms with E-state index in [4.69, 9.17) is 4.74 Å². The molecule has 70 valence electrons. The molecule has 2 saturated heterocycles. The molecule has 0 radical (unpaired) electrons. The van der Waals surface area contributed by atoms with E-state index in [1.54, 1.807) is 0 Å². The van der Waals surface area contributed by atoms with Crippen molar-refractivity contribution in [3.63, 3.8) is 0 Å². The topological polar surface area (TPSA) is 33.3 Å². The van der Waals surface area contributed by atoms with Gasteiger partial charge in [0.1, 0.15) is 0 Å². The minimum Gasteiger partial charge on any atom is -0.378 e. The van der Waals surface area contributed by atoms with Crippen LogP contribution in [-0.4, -0.2) is 37.9 Å². The maximum absolute atomic E-state index is 5.13. The van der Waals surface area contributed by atoms with Crippen LogP contribution in [0.25, 0.3) is 0 Å². The molecule has 0 aromatic carbocycles. The summed E-state index contributed by atoms with van der Waals surface area (Å²) in [5, 5.41) is 7.07. The Balaban J connectivity index is 1.71. The van der Waals surface area contributed by atoms with Crippen molar-refractivity contribution in [2.75, 3.05) is 19.8 Å². The molecule has 0 aromatic heterocycles. The third-order valence-corrected chi connectivity index (χ3v) is 2.73. The molecule has 12 heavy (non-hydrogen) atoms. The molecule has 2 rings (SSSR count). The Hall–Kier alpha value is -0.120. The lowest BCUT2D eigenvalue weighted by molar-refractivity contribution is -0.0122. The summed E-state index contributed by atoms with van der Waals surface area (Å²) in [6.07, 6.45) is 2.53. The summed E-state index contributed by atoms with van der Waals surface area (Å²) >= 11 is 0. The van der Waals surface area contributed by atoms with E-state index in [2.05, 4.69) is 17.6 Å². The van der Waals surface area contributed by atoms with Crippen molar-refractivity contribution in [1.82, 2.24) is 10.6 Å². The first-order chi connectivity index (χ1) is 5.84. The lowest BCUT2D eigenvalue weighted by Gasteiger charge is -2.35. The predicted molar refractivity (Wildman–Crippen MR) is 48.2 cm³/mol. The lowest BCUT2D eigenvalue weighted by Crippen LogP contribution is -2.54. The second-order valence-electron chi connectivity index (χ2n) is 3.98. The normalized spacial score (nSPS) is 37.8. The van der Waals surface area contributed by atoms with Gasteiger partial charge in [-0.2, -0.15) is 0 Å². The van der Waals surface area contributed by atoms with E-state index >= 15 is 0 Å². The Morgan fingerprint density at radius 1 is 1.33 bits per heavy atom. The first-order valence-electron chi connectivity index (χ1n) is 4.92. The van der Waals surface area contributed by atoms with Crippen molar-refractivity contribution >= 4 is 0 Å². The Bertz CT molecular complexity index is 147. The van der Waals surface area contributed by atoms with Crippen molar-refractivity contribution in [2.45, 2.75) is 37.9 Å². The van der Waals surface area contributed by atoms with Crippen LogP contribution in [0.3, 0.4) is 0 Å². The van der Waals surface area contributed by atoms with Crippen LogP contribution in [0.5, 0.6) is 0 Å². The summed E-state index contributed by atoms with van der Waals surface area (Å²) in [4.78, 5) is 0. The average Bonchev–Trinajstić information content (AvgIpc) is 1.97. The zero-order valence-electron chi connectivity index (χ0n) is 7.68. The van der Waals surface area contributed by atoms with Crippen molar-refractivity contribution in [3.8, 4) is 0 Å². The molecular weight excluding hydrogens is 152 g/mol.